The molecule has 2 nitrogen and oxygen atoms in total. The van der Waals surface area contributed by atoms with Crippen LogP contribution in [0.15, 0.2) is 229 Å². The molecule has 2 aromatic heterocycles. The Morgan fingerprint density at radius 3 is 1.80 bits per heavy atom. The van der Waals surface area contributed by atoms with Gasteiger partial charge < -0.3 is 9.32 Å². The molecule has 1 unspecified atom stereocenters. The molecule has 3 heteroatoms. The van der Waals surface area contributed by atoms with Crippen molar-refractivity contribution in [1.82, 2.24) is 0 Å². The molecular formula is C61H37NOS. The molecule has 64 heavy (non-hydrogen) atoms. The van der Waals surface area contributed by atoms with Gasteiger partial charge in [-0.3, -0.25) is 0 Å². The lowest BCUT2D eigenvalue weighted by Crippen LogP contribution is -2.29. The second-order valence-electron chi connectivity index (χ2n) is 17.0. The van der Waals surface area contributed by atoms with Gasteiger partial charge >= 0.3 is 0 Å². The molecule has 0 amide bonds. The molecule has 0 saturated heterocycles. The summed E-state index contributed by atoms with van der Waals surface area (Å²) in [4.78, 5) is 2.49. The van der Waals surface area contributed by atoms with Gasteiger partial charge in [0.05, 0.1) is 22.2 Å². The standard InChI is InChI=1S/C61H37NOS/c1-2-17-38(18-3-1)40-19-8-13-28-52(40)62(53-29-16-31-55-59(53)46-24-9-14-30-54(46)63-55)39-33-34-44-42-21-5-4-20-41(42)43-22-6-11-26-48(43)61(51(44)37-39)49-27-12-7-23-45(49)58-50(61)35-36-57-60(58)47-25-10-15-32-56(47)64-57/h1-37H. The Balaban J connectivity index is 1.15. The zero-order chi connectivity index (χ0) is 41.9. The topological polar surface area (TPSA) is 16.4 Å². The van der Waals surface area contributed by atoms with Crippen LogP contribution in [0.25, 0.3) is 86.6 Å². The summed E-state index contributed by atoms with van der Waals surface area (Å²) in [6.07, 6.45) is 0. The van der Waals surface area contributed by atoms with Gasteiger partial charge in [0, 0.05) is 36.8 Å². The lowest BCUT2D eigenvalue weighted by Gasteiger charge is -2.37. The highest BCUT2D eigenvalue weighted by molar-refractivity contribution is 7.26. The van der Waals surface area contributed by atoms with E-state index in [2.05, 4.69) is 229 Å². The fraction of sp³-hybridized carbons (Fsp3) is 0.0164. The first kappa shape index (κ1) is 35.6. The number of para-hydroxylation sites is 2. The molecule has 12 aromatic rings. The summed E-state index contributed by atoms with van der Waals surface area (Å²) in [5.41, 5.74) is 19.4. The van der Waals surface area contributed by atoms with Crippen LogP contribution in [-0.4, -0.2) is 0 Å². The summed E-state index contributed by atoms with van der Waals surface area (Å²) in [6, 6.07) is 83.1. The molecule has 0 saturated carbocycles. The molecule has 2 heterocycles. The molecule has 2 aliphatic rings. The molecule has 10 aromatic carbocycles. The largest absolute Gasteiger partial charge is 0.456 e. The summed E-state index contributed by atoms with van der Waals surface area (Å²) in [7, 11) is 0. The summed E-state index contributed by atoms with van der Waals surface area (Å²) in [6.45, 7) is 0. The summed E-state index contributed by atoms with van der Waals surface area (Å²) in [5.74, 6) is 0. The van der Waals surface area contributed by atoms with Gasteiger partial charge in [0.2, 0.25) is 0 Å². The zero-order valence-electron chi connectivity index (χ0n) is 34.6. The number of hydrogen-bond acceptors (Lipinski definition) is 3. The molecule has 1 atom stereocenters. The molecule has 2 aliphatic carbocycles. The van der Waals surface area contributed by atoms with E-state index < -0.39 is 5.41 Å². The highest BCUT2D eigenvalue weighted by Crippen LogP contribution is 2.64. The summed E-state index contributed by atoms with van der Waals surface area (Å²) >= 11 is 1.89. The van der Waals surface area contributed by atoms with Crippen molar-refractivity contribution in [3.05, 3.63) is 247 Å². The van der Waals surface area contributed by atoms with E-state index in [0.717, 1.165) is 50.1 Å². The van der Waals surface area contributed by atoms with Crippen molar-refractivity contribution in [2.45, 2.75) is 5.41 Å². The fourth-order valence-corrected chi connectivity index (χ4v) is 12.5. The molecular weight excluding hydrogens is 795 g/mol. The molecule has 0 fully saturated rings. The zero-order valence-corrected chi connectivity index (χ0v) is 35.4. The van der Waals surface area contributed by atoms with Gasteiger partial charge in [-0.05, 0) is 110 Å². The number of benzene rings is 10. The van der Waals surface area contributed by atoms with Gasteiger partial charge in [0.25, 0.3) is 0 Å². The third-order valence-corrected chi connectivity index (χ3v) is 15.0. The average molecular weight is 832 g/mol. The molecule has 0 aliphatic heterocycles. The van der Waals surface area contributed by atoms with Gasteiger partial charge in [0.15, 0.2) is 0 Å². The molecule has 0 radical (unpaired) electrons. The number of thiophene rings is 1. The van der Waals surface area contributed by atoms with E-state index >= 15 is 0 Å². The van der Waals surface area contributed by atoms with Gasteiger partial charge in [-0.2, -0.15) is 0 Å². The van der Waals surface area contributed by atoms with Gasteiger partial charge in [-0.15, -0.1) is 11.3 Å². The monoisotopic (exact) mass is 831 g/mol. The maximum Gasteiger partial charge on any atom is 0.137 e. The number of hydrogen-bond donors (Lipinski definition) is 0. The van der Waals surface area contributed by atoms with E-state index in [4.69, 9.17) is 4.42 Å². The van der Waals surface area contributed by atoms with E-state index in [1.165, 1.54) is 75.8 Å². The SMILES string of the molecule is c1ccc(-c2ccccc2N(c2ccc3c(c2)C2(c4ccccc4-c4ccccc4-3)c3ccccc3-c3c2ccc2sc4ccccc4c32)c2cccc3oc4ccccc4c23)cc1. The fourth-order valence-electron chi connectivity index (χ4n) is 11.4. The first-order valence-corrected chi connectivity index (χ1v) is 22.8. The lowest BCUT2D eigenvalue weighted by atomic mass is 9.65. The first-order chi connectivity index (χ1) is 31.8. The van der Waals surface area contributed by atoms with Crippen LogP contribution in [0.3, 0.4) is 0 Å². The predicted molar refractivity (Wildman–Crippen MR) is 268 cm³/mol. The highest BCUT2D eigenvalue weighted by atomic mass is 32.1. The van der Waals surface area contributed by atoms with E-state index in [0.29, 0.717) is 0 Å². The second-order valence-corrected chi connectivity index (χ2v) is 18.1. The van der Waals surface area contributed by atoms with Crippen molar-refractivity contribution >= 4 is 70.5 Å². The maximum absolute atomic E-state index is 6.60. The van der Waals surface area contributed by atoms with Gasteiger partial charge in [-0.25, -0.2) is 0 Å². The van der Waals surface area contributed by atoms with Crippen LogP contribution >= 0.6 is 11.3 Å². The van der Waals surface area contributed by atoms with Crippen molar-refractivity contribution in [2.75, 3.05) is 4.90 Å². The van der Waals surface area contributed by atoms with Crippen LogP contribution in [0.2, 0.25) is 0 Å². The van der Waals surface area contributed by atoms with Gasteiger partial charge in [0.1, 0.15) is 11.2 Å². The van der Waals surface area contributed by atoms with Crippen LogP contribution in [0, 0.1) is 0 Å². The third-order valence-electron chi connectivity index (χ3n) is 13.9. The number of fused-ring (bicyclic) bond motifs is 19. The number of anilines is 3. The normalized spacial score (nSPS) is 14.6. The van der Waals surface area contributed by atoms with Gasteiger partial charge in [-0.1, -0.05) is 176 Å². The summed E-state index contributed by atoms with van der Waals surface area (Å²) < 4.78 is 9.23. The van der Waals surface area contributed by atoms with Crippen molar-refractivity contribution in [2.24, 2.45) is 0 Å². The number of rotatable bonds is 4. The van der Waals surface area contributed by atoms with Crippen molar-refractivity contribution < 1.29 is 4.42 Å². The maximum atomic E-state index is 6.60. The predicted octanol–water partition coefficient (Wildman–Crippen LogP) is 17.1. The third kappa shape index (κ3) is 4.79. The number of nitrogens with zero attached hydrogens (tertiary/aromatic N) is 1. The Hall–Kier alpha value is -7.98. The minimum absolute atomic E-state index is 0.664. The van der Waals surface area contributed by atoms with Crippen LogP contribution in [0.5, 0.6) is 0 Å². The number of furan rings is 1. The van der Waals surface area contributed by atoms with E-state index in [1.54, 1.807) is 0 Å². The van der Waals surface area contributed by atoms with Crippen LogP contribution < -0.4 is 4.90 Å². The minimum atomic E-state index is -0.664. The first-order valence-electron chi connectivity index (χ1n) is 22.0. The van der Waals surface area contributed by atoms with E-state index in [1.807, 2.05) is 11.3 Å². The molecule has 14 rings (SSSR count). The minimum Gasteiger partial charge on any atom is -0.456 e. The average Bonchev–Trinajstić information content (AvgIpc) is 4.01. The lowest BCUT2D eigenvalue weighted by molar-refractivity contribution is 0.669. The second kappa shape index (κ2) is 13.5. The Morgan fingerprint density at radius 1 is 0.359 bits per heavy atom. The molecule has 1 spiro atoms. The molecule has 0 N–H and O–H groups in total. The van der Waals surface area contributed by atoms with E-state index in [9.17, 15) is 0 Å². The van der Waals surface area contributed by atoms with Crippen LogP contribution in [0.1, 0.15) is 22.3 Å². The summed E-state index contributed by atoms with van der Waals surface area (Å²) in [5, 5.41) is 4.84. The Bertz CT molecular complexity index is 3870. The smallest absolute Gasteiger partial charge is 0.137 e. The Morgan fingerprint density at radius 2 is 0.969 bits per heavy atom. The van der Waals surface area contributed by atoms with Crippen molar-refractivity contribution in [1.29, 1.82) is 0 Å². The molecule has 298 valence electrons. The van der Waals surface area contributed by atoms with Crippen LogP contribution in [0.4, 0.5) is 17.1 Å². The molecule has 0 bridgehead atoms. The quantitative estimate of drug-likeness (QED) is 0.176. The Kier molecular flexibility index (Phi) is 7.51. The highest BCUT2D eigenvalue weighted by Gasteiger charge is 2.50. The van der Waals surface area contributed by atoms with Crippen molar-refractivity contribution in [3.8, 4) is 44.5 Å². The van der Waals surface area contributed by atoms with Crippen molar-refractivity contribution in [3.63, 3.8) is 0 Å². The Labute approximate surface area is 374 Å². The van der Waals surface area contributed by atoms with E-state index in [-0.39, 0.29) is 0 Å². The van der Waals surface area contributed by atoms with Crippen LogP contribution in [-0.2, 0) is 5.41 Å².